The van der Waals surface area contributed by atoms with E-state index >= 15 is 0 Å². The average Bonchev–Trinajstić information content (AvgIpc) is 3.11. The van der Waals surface area contributed by atoms with Gasteiger partial charge < -0.3 is 10.2 Å². The Labute approximate surface area is 196 Å². The number of anilines is 2. The van der Waals surface area contributed by atoms with Gasteiger partial charge in [-0.25, -0.2) is 0 Å². The predicted molar refractivity (Wildman–Crippen MR) is 130 cm³/mol. The second kappa shape index (κ2) is 10.6. The van der Waals surface area contributed by atoms with Crippen molar-refractivity contribution in [2.45, 2.75) is 0 Å². The molecule has 3 aromatic rings. The van der Waals surface area contributed by atoms with Gasteiger partial charge in [0.15, 0.2) is 0 Å². The van der Waals surface area contributed by atoms with Gasteiger partial charge in [-0.1, -0.05) is 42.5 Å². The van der Waals surface area contributed by atoms with Crippen molar-refractivity contribution in [3.05, 3.63) is 95.7 Å². The van der Waals surface area contributed by atoms with E-state index in [2.05, 4.69) is 10.3 Å². The Balaban J connectivity index is 1.35. The Hall–Kier alpha value is -3.91. The molecule has 0 spiro atoms. The summed E-state index contributed by atoms with van der Waals surface area (Å²) in [6, 6.07) is 22.9. The van der Waals surface area contributed by atoms with Crippen molar-refractivity contribution in [2.24, 2.45) is 0 Å². The highest BCUT2D eigenvalue weighted by molar-refractivity contribution is 8.18. The van der Waals surface area contributed by atoms with Crippen LogP contribution >= 0.6 is 11.8 Å². The van der Waals surface area contributed by atoms with Gasteiger partial charge >= 0.3 is 0 Å². The van der Waals surface area contributed by atoms with Crippen LogP contribution in [0.3, 0.4) is 0 Å². The van der Waals surface area contributed by atoms with Gasteiger partial charge in [0.2, 0.25) is 5.91 Å². The fourth-order valence-corrected chi connectivity index (χ4v) is 4.22. The SMILES string of the molecule is O=C(CN(c1ccccc1)c1ccccc1)NCCN1C(=O)S/C(=C/c2cccnc2)C1=O. The number of aromatic nitrogens is 1. The number of pyridine rings is 1. The zero-order chi connectivity index (χ0) is 23.0. The van der Waals surface area contributed by atoms with E-state index in [9.17, 15) is 14.4 Å². The van der Waals surface area contributed by atoms with E-state index in [1.165, 1.54) is 0 Å². The van der Waals surface area contributed by atoms with E-state index in [0.29, 0.717) is 4.91 Å². The number of hydrogen-bond donors (Lipinski definition) is 1. The summed E-state index contributed by atoms with van der Waals surface area (Å²) in [6.45, 7) is 0.392. The Bertz CT molecular complexity index is 1110. The molecule has 8 heteroatoms. The van der Waals surface area contributed by atoms with E-state index in [-0.39, 0.29) is 36.7 Å². The van der Waals surface area contributed by atoms with Crippen molar-refractivity contribution in [3.63, 3.8) is 0 Å². The number of amides is 3. The monoisotopic (exact) mass is 458 g/mol. The smallest absolute Gasteiger partial charge is 0.293 e. The number of carbonyl (C=O) groups is 3. The molecular formula is C25H22N4O3S. The molecule has 0 unspecified atom stereocenters. The number of hydrogen-bond acceptors (Lipinski definition) is 6. The first-order valence-electron chi connectivity index (χ1n) is 10.4. The molecule has 1 aliphatic rings. The van der Waals surface area contributed by atoms with Crippen LogP contribution in [0, 0.1) is 0 Å². The first-order chi connectivity index (χ1) is 16.1. The summed E-state index contributed by atoms with van der Waals surface area (Å²) < 4.78 is 0. The first kappa shape index (κ1) is 22.3. The molecule has 0 atom stereocenters. The van der Waals surface area contributed by atoms with Crippen LogP contribution in [-0.4, -0.2) is 46.6 Å². The van der Waals surface area contributed by atoms with E-state index in [4.69, 9.17) is 0 Å². The van der Waals surface area contributed by atoms with E-state index < -0.39 is 0 Å². The van der Waals surface area contributed by atoms with Gasteiger partial charge in [-0.15, -0.1) is 0 Å². The normalized spacial score (nSPS) is 14.5. The van der Waals surface area contributed by atoms with Gasteiger partial charge in [0.25, 0.3) is 11.1 Å². The Morgan fingerprint density at radius 1 is 0.970 bits per heavy atom. The molecule has 1 saturated heterocycles. The fourth-order valence-electron chi connectivity index (χ4n) is 3.36. The van der Waals surface area contributed by atoms with Crippen LogP contribution in [0.15, 0.2) is 90.1 Å². The third kappa shape index (κ3) is 5.67. The van der Waals surface area contributed by atoms with Crippen molar-refractivity contribution < 1.29 is 14.4 Å². The summed E-state index contributed by atoms with van der Waals surface area (Å²) in [5, 5.41) is 2.47. The molecular weight excluding hydrogens is 436 g/mol. The van der Waals surface area contributed by atoms with Crippen LogP contribution in [0.1, 0.15) is 5.56 Å². The third-order valence-electron chi connectivity index (χ3n) is 4.95. The molecule has 1 N–H and O–H groups in total. The van der Waals surface area contributed by atoms with E-state index in [1.807, 2.05) is 71.6 Å². The minimum absolute atomic E-state index is 0.108. The lowest BCUT2D eigenvalue weighted by Crippen LogP contribution is -2.40. The van der Waals surface area contributed by atoms with Crippen LogP contribution in [0.5, 0.6) is 0 Å². The quantitative estimate of drug-likeness (QED) is 0.513. The lowest BCUT2D eigenvalue weighted by Gasteiger charge is -2.24. The van der Waals surface area contributed by atoms with Gasteiger partial charge in [0.1, 0.15) is 6.54 Å². The summed E-state index contributed by atoms with van der Waals surface area (Å²) in [4.78, 5) is 45.0. The minimum Gasteiger partial charge on any atom is -0.353 e. The molecule has 2 aromatic carbocycles. The van der Waals surface area contributed by atoms with Crippen LogP contribution in [0.25, 0.3) is 6.08 Å². The number of imide groups is 1. The molecule has 0 saturated carbocycles. The Morgan fingerprint density at radius 2 is 1.64 bits per heavy atom. The van der Waals surface area contributed by atoms with E-state index in [0.717, 1.165) is 33.6 Å². The van der Waals surface area contributed by atoms with Crippen LogP contribution in [-0.2, 0) is 9.59 Å². The number of benzene rings is 2. The van der Waals surface area contributed by atoms with Gasteiger partial charge in [-0.2, -0.15) is 0 Å². The molecule has 3 amide bonds. The second-order valence-electron chi connectivity index (χ2n) is 7.23. The zero-order valence-electron chi connectivity index (χ0n) is 17.8. The molecule has 166 valence electrons. The number of nitrogens with one attached hydrogen (secondary N) is 1. The number of carbonyl (C=O) groups excluding carboxylic acids is 3. The van der Waals surface area contributed by atoms with Gasteiger partial charge in [0.05, 0.1) is 4.91 Å². The fraction of sp³-hybridized carbons (Fsp3) is 0.120. The highest BCUT2D eigenvalue weighted by atomic mass is 32.2. The number of nitrogens with zero attached hydrogens (tertiary/aromatic N) is 3. The van der Waals surface area contributed by atoms with Crippen molar-refractivity contribution in [1.29, 1.82) is 0 Å². The van der Waals surface area contributed by atoms with Crippen molar-refractivity contribution in [3.8, 4) is 0 Å². The Kier molecular flexibility index (Phi) is 7.16. The summed E-state index contributed by atoms with van der Waals surface area (Å²) in [5.41, 5.74) is 2.54. The molecule has 0 aliphatic carbocycles. The highest BCUT2D eigenvalue weighted by Gasteiger charge is 2.34. The molecule has 0 radical (unpaired) electrons. The summed E-state index contributed by atoms with van der Waals surface area (Å²) >= 11 is 0.890. The molecule has 4 rings (SSSR count). The maximum Gasteiger partial charge on any atom is 0.293 e. The zero-order valence-corrected chi connectivity index (χ0v) is 18.6. The van der Waals surface area contributed by atoms with Gasteiger partial charge in [-0.3, -0.25) is 24.3 Å². The maximum atomic E-state index is 12.7. The molecule has 0 bridgehead atoms. The lowest BCUT2D eigenvalue weighted by atomic mass is 10.2. The van der Waals surface area contributed by atoms with Crippen LogP contribution < -0.4 is 10.2 Å². The average molecular weight is 459 g/mol. The van der Waals surface area contributed by atoms with Gasteiger partial charge in [0, 0.05) is 36.9 Å². The molecule has 7 nitrogen and oxygen atoms in total. The number of thioether (sulfide) groups is 1. The van der Waals surface area contributed by atoms with E-state index in [1.54, 1.807) is 24.5 Å². The molecule has 1 aromatic heterocycles. The van der Waals surface area contributed by atoms with Crippen LogP contribution in [0.2, 0.25) is 0 Å². The topological polar surface area (TPSA) is 82.6 Å². The molecule has 1 fully saturated rings. The second-order valence-corrected chi connectivity index (χ2v) is 8.22. The lowest BCUT2D eigenvalue weighted by molar-refractivity contribution is -0.123. The minimum atomic E-state index is -0.363. The Morgan fingerprint density at radius 3 is 2.24 bits per heavy atom. The standard InChI is InChI=1S/C25H22N4O3S/c30-23(18-29(20-9-3-1-4-10-20)21-11-5-2-6-12-21)27-14-15-28-24(31)22(33-25(28)32)16-19-8-7-13-26-17-19/h1-13,16-17H,14-15,18H2,(H,27,30)/b22-16+. The number of rotatable bonds is 8. The molecule has 2 heterocycles. The molecule has 1 aliphatic heterocycles. The number of para-hydroxylation sites is 2. The van der Waals surface area contributed by atoms with Crippen molar-refractivity contribution >= 4 is 46.3 Å². The van der Waals surface area contributed by atoms with Gasteiger partial charge in [-0.05, 0) is 53.7 Å². The maximum absolute atomic E-state index is 12.7. The largest absolute Gasteiger partial charge is 0.353 e. The predicted octanol–water partition coefficient (Wildman–Crippen LogP) is 4.07. The molecule has 33 heavy (non-hydrogen) atoms. The first-order valence-corrected chi connectivity index (χ1v) is 11.2. The highest BCUT2D eigenvalue weighted by Crippen LogP contribution is 2.31. The van der Waals surface area contributed by atoms with Crippen molar-refractivity contribution in [1.82, 2.24) is 15.2 Å². The third-order valence-corrected chi connectivity index (χ3v) is 5.86. The summed E-state index contributed by atoms with van der Waals surface area (Å²) in [5.74, 6) is -0.570. The summed E-state index contributed by atoms with van der Waals surface area (Å²) in [7, 11) is 0. The van der Waals surface area contributed by atoms with Crippen LogP contribution in [0.4, 0.5) is 16.2 Å². The van der Waals surface area contributed by atoms with Crippen molar-refractivity contribution in [2.75, 3.05) is 24.5 Å². The summed E-state index contributed by atoms with van der Waals surface area (Å²) in [6.07, 6.45) is 4.91.